The Bertz CT molecular complexity index is 492. The first kappa shape index (κ1) is 13.9. The maximum absolute atomic E-state index is 9.33. The van der Waals surface area contributed by atoms with Crippen LogP contribution in [0, 0.1) is 5.92 Å². The van der Waals surface area contributed by atoms with Gasteiger partial charge in [-0.1, -0.05) is 32.0 Å². The highest BCUT2D eigenvalue weighted by atomic mass is 16.5. The SMILES string of the molecule is CCC1CCc2cc(C(C)C)c(OC)cc2C1=NO. The van der Waals surface area contributed by atoms with E-state index in [1.54, 1.807) is 7.11 Å². The molecule has 0 heterocycles. The number of benzene rings is 1. The minimum atomic E-state index is 0.354. The van der Waals surface area contributed by atoms with E-state index in [-0.39, 0.29) is 0 Å². The summed E-state index contributed by atoms with van der Waals surface area (Å²) >= 11 is 0. The van der Waals surface area contributed by atoms with E-state index >= 15 is 0 Å². The van der Waals surface area contributed by atoms with Gasteiger partial charge in [-0.05, 0) is 42.4 Å². The van der Waals surface area contributed by atoms with Gasteiger partial charge in [-0.25, -0.2) is 0 Å². The summed E-state index contributed by atoms with van der Waals surface area (Å²) in [7, 11) is 1.70. The van der Waals surface area contributed by atoms with Gasteiger partial charge >= 0.3 is 0 Å². The molecule has 1 aliphatic carbocycles. The summed E-state index contributed by atoms with van der Waals surface area (Å²) in [6, 6.07) is 4.26. The van der Waals surface area contributed by atoms with Gasteiger partial charge in [0.2, 0.25) is 0 Å². The topological polar surface area (TPSA) is 41.8 Å². The van der Waals surface area contributed by atoms with Crippen molar-refractivity contribution in [3.63, 3.8) is 0 Å². The number of oxime groups is 1. The van der Waals surface area contributed by atoms with Gasteiger partial charge in [-0.15, -0.1) is 0 Å². The molecule has 19 heavy (non-hydrogen) atoms. The smallest absolute Gasteiger partial charge is 0.122 e. The Labute approximate surface area is 115 Å². The van der Waals surface area contributed by atoms with Crippen LogP contribution in [0.2, 0.25) is 0 Å². The van der Waals surface area contributed by atoms with E-state index < -0.39 is 0 Å². The van der Waals surface area contributed by atoms with Crippen molar-refractivity contribution in [2.24, 2.45) is 11.1 Å². The molecule has 0 spiro atoms. The third-order valence-corrected chi connectivity index (χ3v) is 4.10. The molecule has 3 nitrogen and oxygen atoms in total. The van der Waals surface area contributed by atoms with Gasteiger partial charge < -0.3 is 9.94 Å². The number of rotatable bonds is 3. The van der Waals surface area contributed by atoms with Crippen molar-refractivity contribution in [3.8, 4) is 5.75 Å². The van der Waals surface area contributed by atoms with E-state index in [2.05, 4.69) is 32.0 Å². The number of aryl methyl sites for hydroxylation is 1. The average molecular weight is 261 g/mol. The zero-order valence-corrected chi connectivity index (χ0v) is 12.2. The monoisotopic (exact) mass is 261 g/mol. The summed E-state index contributed by atoms with van der Waals surface area (Å²) in [4.78, 5) is 0. The highest BCUT2D eigenvalue weighted by molar-refractivity contribution is 6.04. The van der Waals surface area contributed by atoms with Crippen LogP contribution in [0.15, 0.2) is 17.3 Å². The number of hydrogen-bond donors (Lipinski definition) is 1. The summed E-state index contributed by atoms with van der Waals surface area (Å²) in [5.74, 6) is 1.68. The number of nitrogens with zero attached hydrogens (tertiary/aromatic N) is 1. The normalized spacial score (nSPS) is 20.7. The lowest BCUT2D eigenvalue weighted by Gasteiger charge is -2.26. The Balaban J connectivity index is 2.55. The first-order valence-electron chi connectivity index (χ1n) is 7.05. The van der Waals surface area contributed by atoms with Gasteiger partial charge in [0.25, 0.3) is 0 Å². The third-order valence-electron chi connectivity index (χ3n) is 4.10. The standard InChI is InChI=1S/C16H23NO2/c1-5-11-6-7-12-8-13(10(2)3)15(19-4)9-14(12)16(11)17-18/h8-11,18H,5-7H2,1-4H3. The molecule has 0 aliphatic heterocycles. The van der Waals surface area contributed by atoms with Crippen molar-refractivity contribution in [2.45, 2.75) is 46.0 Å². The van der Waals surface area contributed by atoms with E-state index in [9.17, 15) is 5.21 Å². The lowest BCUT2D eigenvalue weighted by Crippen LogP contribution is -2.23. The van der Waals surface area contributed by atoms with E-state index in [0.29, 0.717) is 11.8 Å². The van der Waals surface area contributed by atoms with Crippen LogP contribution in [0.5, 0.6) is 5.75 Å². The van der Waals surface area contributed by atoms with Crippen LogP contribution in [-0.2, 0) is 6.42 Å². The molecule has 1 aliphatic rings. The molecule has 0 fully saturated rings. The Morgan fingerprint density at radius 2 is 2.16 bits per heavy atom. The summed E-state index contributed by atoms with van der Waals surface area (Å²) in [6.07, 6.45) is 3.12. The van der Waals surface area contributed by atoms with E-state index in [0.717, 1.165) is 36.3 Å². The number of methoxy groups -OCH3 is 1. The second-order valence-electron chi connectivity index (χ2n) is 5.54. The number of fused-ring (bicyclic) bond motifs is 1. The van der Waals surface area contributed by atoms with Gasteiger partial charge in [0.15, 0.2) is 0 Å². The molecule has 0 aromatic heterocycles. The molecule has 0 bridgehead atoms. The van der Waals surface area contributed by atoms with Gasteiger partial charge in [-0.2, -0.15) is 0 Å². The number of ether oxygens (including phenoxy) is 1. The summed E-state index contributed by atoms with van der Waals surface area (Å²) < 4.78 is 5.50. The van der Waals surface area contributed by atoms with Gasteiger partial charge in [0, 0.05) is 11.5 Å². The van der Waals surface area contributed by atoms with Crippen molar-refractivity contribution in [3.05, 3.63) is 28.8 Å². The average Bonchev–Trinajstić information content (AvgIpc) is 2.44. The van der Waals surface area contributed by atoms with E-state index in [4.69, 9.17) is 4.74 Å². The van der Waals surface area contributed by atoms with Crippen LogP contribution in [0.3, 0.4) is 0 Å². The molecule has 1 unspecified atom stereocenters. The first-order chi connectivity index (χ1) is 9.12. The van der Waals surface area contributed by atoms with Crippen LogP contribution in [-0.4, -0.2) is 18.0 Å². The van der Waals surface area contributed by atoms with E-state index in [1.807, 2.05) is 6.07 Å². The molecule has 1 atom stereocenters. The zero-order chi connectivity index (χ0) is 14.0. The summed E-state index contributed by atoms with van der Waals surface area (Å²) in [5, 5.41) is 12.9. The molecule has 1 aromatic carbocycles. The Kier molecular flexibility index (Phi) is 4.13. The molecule has 3 heteroatoms. The molecule has 1 N–H and O–H groups in total. The highest BCUT2D eigenvalue weighted by Gasteiger charge is 2.26. The van der Waals surface area contributed by atoms with E-state index in [1.165, 1.54) is 11.1 Å². The van der Waals surface area contributed by atoms with Crippen LogP contribution in [0.4, 0.5) is 0 Å². The maximum atomic E-state index is 9.33. The van der Waals surface area contributed by atoms with Crippen molar-refractivity contribution < 1.29 is 9.94 Å². The molecule has 0 saturated heterocycles. The largest absolute Gasteiger partial charge is 0.496 e. The molecule has 0 amide bonds. The molecule has 104 valence electrons. The second kappa shape index (κ2) is 5.64. The van der Waals surface area contributed by atoms with Crippen molar-refractivity contribution in [1.82, 2.24) is 0 Å². The molecular weight excluding hydrogens is 238 g/mol. The number of hydrogen-bond acceptors (Lipinski definition) is 3. The zero-order valence-electron chi connectivity index (χ0n) is 12.2. The Morgan fingerprint density at radius 1 is 1.42 bits per heavy atom. The molecule has 0 radical (unpaired) electrons. The predicted octanol–water partition coefficient (Wildman–Crippen LogP) is 3.97. The van der Waals surface area contributed by atoms with Crippen LogP contribution in [0.1, 0.15) is 56.2 Å². The first-order valence-corrected chi connectivity index (χ1v) is 7.05. The maximum Gasteiger partial charge on any atom is 0.122 e. The predicted molar refractivity (Wildman–Crippen MR) is 77.5 cm³/mol. The summed E-state index contributed by atoms with van der Waals surface area (Å²) in [5.41, 5.74) is 4.38. The molecule has 2 rings (SSSR count). The quantitative estimate of drug-likeness (QED) is 0.660. The fraction of sp³-hybridized carbons (Fsp3) is 0.562. The van der Waals surface area contributed by atoms with Crippen LogP contribution in [0.25, 0.3) is 0 Å². The fourth-order valence-corrected chi connectivity index (χ4v) is 2.94. The lowest BCUT2D eigenvalue weighted by atomic mass is 9.79. The third kappa shape index (κ3) is 2.46. The Hall–Kier alpha value is -1.51. The van der Waals surface area contributed by atoms with Gasteiger partial charge in [0.05, 0.1) is 12.8 Å². The molecular formula is C16H23NO2. The van der Waals surface area contributed by atoms with Gasteiger partial charge in [-0.3, -0.25) is 0 Å². The Morgan fingerprint density at radius 3 is 2.68 bits per heavy atom. The highest BCUT2D eigenvalue weighted by Crippen LogP contribution is 2.35. The second-order valence-corrected chi connectivity index (χ2v) is 5.54. The molecule has 0 saturated carbocycles. The summed E-state index contributed by atoms with van der Waals surface area (Å²) in [6.45, 7) is 6.48. The van der Waals surface area contributed by atoms with Crippen LogP contribution >= 0.6 is 0 Å². The fourth-order valence-electron chi connectivity index (χ4n) is 2.94. The lowest BCUT2D eigenvalue weighted by molar-refractivity contribution is 0.313. The van der Waals surface area contributed by atoms with Crippen molar-refractivity contribution in [1.29, 1.82) is 0 Å². The minimum Gasteiger partial charge on any atom is -0.496 e. The van der Waals surface area contributed by atoms with Crippen molar-refractivity contribution >= 4 is 5.71 Å². The van der Waals surface area contributed by atoms with Crippen molar-refractivity contribution in [2.75, 3.05) is 7.11 Å². The molecule has 1 aromatic rings. The van der Waals surface area contributed by atoms with Crippen LogP contribution < -0.4 is 4.74 Å². The van der Waals surface area contributed by atoms with Gasteiger partial charge in [0.1, 0.15) is 5.75 Å². The minimum absolute atomic E-state index is 0.354.